The number of nitrogens with zero attached hydrogens (tertiary/aromatic N) is 2. The maximum absolute atomic E-state index is 12.7. The van der Waals surface area contributed by atoms with E-state index in [9.17, 15) is 8.42 Å². The van der Waals surface area contributed by atoms with Gasteiger partial charge in [0.15, 0.2) is 0 Å². The molecule has 0 bridgehead atoms. The normalized spacial score (nSPS) is 11.5. The Kier molecular flexibility index (Phi) is 5.20. The number of anilines is 1. The van der Waals surface area contributed by atoms with Gasteiger partial charge in [0.05, 0.1) is 28.5 Å². The van der Waals surface area contributed by atoms with Crippen LogP contribution in [-0.2, 0) is 16.6 Å². The van der Waals surface area contributed by atoms with Crippen molar-refractivity contribution in [3.05, 3.63) is 75.5 Å². The lowest BCUT2D eigenvalue weighted by atomic mass is 10.1. The zero-order valence-corrected chi connectivity index (χ0v) is 17.2. The standard InChI is InChI=1S/C19H20BrN3O2S/c1-13-4-6-16(7-5-13)12-23-15(3)19(14(2)21-23)22-26(24,25)18-10-8-17(20)9-11-18/h4-11,22H,12H2,1-3H3. The van der Waals surface area contributed by atoms with E-state index in [0.717, 1.165) is 15.7 Å². The first-order valence-corrected chi connectivity index (χ1v) is 10.4. The van der Waals surface area contributed by atoms with Crippen LogP contribution in [0.15, 0.2) is 57.9 Å². The van der Waals surface area contributed by atoms with E-state index in [1.165, 1.54) is 5.56 Å². The summed E-state index contributed by atoms with van der Waals surface area (Å²) in [6, 6.07) is 14.7. The summed E-state index contributed by atoms with van der Waals surface area (Å²) in [5, 5.41) is 4.50. The molecule has 0 atom stereocenters. The van der Waals surface area contributed by atoms with Crippen molar-refractivity contribution in [1.29, 1.82) is 0 Å². The number of halogens is 1. The second-order valence-corrected chi connectivity index (χ2v) is 8.85. The maximum Gasteiger partial charge on any atom is 0.262 e. The Bertz CT molecular complexity index is 1020. The summed E-state index contributed by atoms with van der Waals surface area (Å²) in [5.74, 6) is 0. The molecule has 0 aliphatic rings. The van der Waals surface area contributed by atoms with Crippen LogP contribution in [0.5, 0.6) is 0 Å². The van der Waals surface area contributed by atoms with Gasteiger partial charge in [-0.2, -0.15) is 5.10 Å². The van der Waals surface area contributed by atoms with Crippen LogP contribution in [0, 0.1) is 20.8 Å². The molecule has 3 aromatic rings. The molecule has 0 amide bonds. The lowest BCUT2D eigenvalue weighted by Crippen LogP contribution is -2.14. The molecular formula is C19H20BrN3O2S. The van der Waals surface area contributed by atoms with Crippen LogP contribution in [-0.4, -0.2) is 18.2 Å². The third-order valence-electron chi connectivity index (χ3n) is 4.19. The van der Waals surface area contributed by atoms with Crippen molar-refractivity contribution < 1.29 is 8.42 Å². The first-order chi connectivity index (χ1) is 12.3. The Morgan fingerprint density at radius 1 is 1.00 bits per heavy atom. The zero-order valence-electron chi connectivity index (χ0n) is 14.8. The monoisotopic (exact) mass is 433 g/mol. The highest BCUT2D eigenvalue weighted by molar-refractivity contribution is 9.10. The van der Waals surface area contributed by atoms with Gasteiger partial charge in [-0.05, 0) is 50.6 Å². The van der Waals surface area contributed by atoms with Crippen molar-refractivity contribution in [3.63, 3.8) is 0 Å². The van der Waals surface area contributed by atoms with E-state index >= 15 is 0 Å². The molecule has 0 radical (unpaired) electrons. The van der Waals surface area contributed by atoms with E-state index in [-0.39, 0.29) is 4.90 Å². The molecule has 0 aliphatic heterocycles. The van der Waals surface area contributed by atoms with Gasteiger partial charge < -0.3 is 0 Å². The summed E-state index contributed by atoms with van der Waals surface area (Å²) in [7, 11) is -3.66. The summed E-state index contributed by atoms with van der Waals surface area (Å²) in [5.41, 5.74) is 4.27. The van der Waals surface area contributed by atoms with E-state index < -0.39 is 10.0 Å². The van der Waals surface area contributed by atoms with Crippen molar-refractivity contribution in [3.8, 4) is 0 Å². The minimum atomic E-state index is -3.66. The summed E-state index contributed by atoms with van der Waals surface area (Å²) in [6.45, 7) is 6.31. The van der Waals surface area contributed by atoms with E-state index in [1.54, 1.807) is 31.2 Å². The number of hydrogen-bond donors (Lipinski definition) is 1. The molecule has 1 aromatic heterocycles. The molecule has 0 fully saturated rings. The van der Waals surface area contributed by atoms with Crippen LogP contribution >= 0.6 is 15.9 Å². The Morgan fingerprint density at radius 3 is 2.23 bits per heavy atom. The minimum Gasteiger partial charge on any atom is -0.276 e. The Morgan fingerprint density at radius 2 is 1.62 bits per heavy atom. The van der Waals surface area contributed by atoms with Crippen molar-refractivity contribution in [2.75, 3.05) is 4.72 Å². The minimum absolute atomic E-state index is 0.214. The third-order valence-corrected chi connectivity index (χ3v) is 6.09. The number of rotatable bonds is 5. The van der Waals surface area contributed by atoms with Gasteiger partial charge in [-0.3, -0.25) is 9.40 Å². The fourth-order valence-corrected chi connectivity index (χ4v) is 4.11. The summed E-state index contributed by atoms with van der Waals surface area (Å²) >= 11 is 3.31. The molecule has 136 valence electrons. The number of aromatic nitrogens is 2. The number of nitrogens with one attached hydrogen (secondary N) is 1. The van der Waals surface area contributed by atoms with Gasteiger partial charge in [0.1, 0.15) is 0 Å². The van der Waals surface area contributed by atoms with Crippen LogP contribution in [0.2, 0.25) is 0 Å². The van der Waals surface area contributed by atoms with Crippen LogP contribution in [0.25, 0.3) is 0 Å². The number of hydrogen-bond acceptors (Lipinski definition) is 3. The second kappa shape index (κ2) is 7.25. The molecule has 5 nitrogen and oxygen atoms in total. The fraction of sp³-hybridized carbons (Fsp3) is 0.211. The van der Waals surface area contributed by atoms with Gasteiger partial charge in [-0.15, -0.1) is 0 Å². The molecule has 1 N–H and O–H groups in total. The summed E-state index contributed by atoms with van der Waals surface area (Å²) in [6.07, 6.45) is 0. The molecule has 3 rings (SSSR count). The van der Waals surface area contributed by atoms with Gasteiger partial charge in [-0.1, -0.05) is 45.8 Å². The average molecular weight is 434 g/mol. The Hall–Kier alpha value is -2.12. The zero-order chi connectivity index (χ0) is 18.9. The van der Waals surface area contributed by atoms with Gasteiger partial charge >= 0.3 is 0 Å². The largest absolute Gasteiger partial charge is 0.276 e. The molecular weight excluding hydrogens is 414 g/mol. The highest BCUT2D eigenvalue weighted by Gasteiger charge is 2.20. The lowest BCUT2D eigenvalue weighted by Gasteiger charge is -2.09. The van der Waals surface area contributed by atoms with Crippen LogP contribution in [0.1, 0.15) is 22.5 Å². The fourth-order valence-electron chi connectivity index (χ4n) is 2.67. The van der Waals surface area contributed by atoms with E-state index in [0.29, 0.717) is 17.9 Å². The molecule has 0 saturated heterocycles. The van der Waals surface area contributed by atoms with Crippen LogP contribution in [0.3, 0.4) is 0 Å². The number of benzene rings is 2. The predicted molar refractivity (Wildman–Crippen MR) is 107 cm³/mol. The Balaban J connectivity index is 1.88. The molecule has 0 unspecified atom stereocenters. The number of sulfonamides is 1. The van der Waals surface area contributed by atoms with E-state index in [2.05, 4.69) is 50.0 Å². The van der Waals surface area contributed by atoms with Gasteiger partial charge in [0.25, 0.3) is 10.0 Å². The van der Waals surface area contributed by atoms with Gasteiger partial charge in [0.2, 0.25) is 0 Å². The molecule has 1 heterocycles. The van der Waals surface area contributed by atoms with Crippen LogP contribution in [0.4, 0.5) is 5.69 Å². The Labute approximate surface area is 162 Å². The first-order valence-electron chi connectivity index (χ1n) is 8.14. The molecule has 26 heavy (non-hydrogen) atoms. The highest BCUT2D eigenvalue weighted by atomic mass is 79.9. The van der Waals surface area contributed by atoms with Crippen molar-refractivity contribution >= 4 is 31.6 Å². The molecule has 0 saturated carbocycles. The highest BCUT2D eigenvalue weighted by Crippen LogP contribution is 2.24. The van der Waals surface area contributed by atoms with Gasteiger partial charge in [0, 0.05) is 4.47 Å². The van der Waals surface area contributed by atoms with E-state index in [4.69, 9.17) is 0 Å². The SMILES string of the molecule is Cc1ccc(Cn2nc(C)c(NS(=O)(=O)c3ccc(Br)cc3)c2C)cc1. The van der Waals surface area contributed by atoms with Crippen molar-refractivity contribution in [1.82, 2.24) is 9.78 Å². The van der Waals surface area contributed by atoms with Crippen molar-refractivity contribution in [2.45, 2.75) is 32.2 Å². The molecule has 7 heteroatoms. The first kappa shape index (κ1) is 18.7. The predicted octanol–water partition coefficient (Wildman–Crippen LogP) is 4.42. The maximum atomic E-state index is 12.7. The molecule has 2 aromatic carbocycles. The van der Waals surface area contributed by atoms with Crippen LogP contribution < -0.4 is 4.72 Å². The summed E-state index contributed by atoms with van der Waals surface area (Å²) in [4.78, 5) is 0.214. The second-order valence-electron chi connectivity index (χ2n) is 6.25. The van der Waals surface area contributed by atoms with Crippen molar-refractivity contribution in [2.24, 2.45) is 0 Å². The third kappa shape index (κ3) is 3.99. The average Bonchev–Trinajstić information content (AvgIpc) is 2.84. The molecule has 0 spiro atoms. The van der Waals surface area contributed by atoms with E-state index in [1.807, 2.05) is 18.5 Å². The molecule has 0 aliphatic carbocycles. The lowest BCUT2D eigenvalue weighted by molar-refractivity contribution is 0.601. The summed E-state index contributed by atoms with van der Waals surface area (Å²) < 4.78 is 30.6. The van der Waals surface area contributed by atoms with Gasteiger partial charge in [-0.25, -0.2) is 8.42 Å². The number of aryl methyl sites for hydroxylation is 2. The topological polar surface area (TPSA) is 64.0 Å². The quantitative estimate of drug-likeness (QED) is 0.647. The smallest absolute Gasteiger partial charge is 0.262 e.